The van der Waals surface area contributed by atoms with Crippen LogP contribution in [-0.2, 0) is 6.42 Å². The van der Waals surface area contributed by atoms with Gasteiger partial charge in [-0.25, -0.2) is 5.01 Å². The highest BCUT2D eigenvalue weighted by atomic mass is 32.1. The van der Waals surface area contributed by atoms with E-state index in [4.69, 9.17) is 5.84 Å². The van der Waals surface area contributed by atoms with Crippen molar-refractivity contribution in [3.05, 3.63) is 22.4 Å². The summed E-state index contributed by atoms with van der Waals surface area (Å²) < 4.78 is 0. The Labute approximate surface area is 65.2 Å². The summed E-state index contributed by atoms with van der Waals surface area (Å²) in [5, 5.41) is 3.80. The average molecular weight is 156 g/mol. The van der Waals surface area contributed by atoms with Gasteiger partial charge in [-0.05, 0) is 17.9 Å². The zero-order valence-corrected chi connectivity index (χ0v) is 6.90. The number of nitrogens with two attached hydrogens (primary N) is 1. The summed E-state index contributed by atoms with van der Waals surface area (Å²) in [6.45, 7) is 0.931. The summed E-state index contributed by atoms with van der Waals surface area (Å²) >= 11 is 1.78. The molecule has 0 aliphatic carbocycles. The Morgan fingerprint density at radius 1 is 1.70 bits per heavy atom. The van der Waals surface area contributed by atoms with E-state index in [1.807, 2.05) is 7.05 Å². The Hall–Kier alpha value is -0.380. The molecule has 0 aromatic carbocycles. The van der Waals surface area contributed by atoms with Gasteiger partial charge in [0, 0.05) is 18.5 Å². The molecule has 0 radical (unpaired) electrons. The first-order chi connectivity index (χ1) is 4.79. The summed E-state index contributed by atoms with van der Waals surface area (Å²) in [7, 11) is 1.88. The van der Waals surface area contributed by atoms with Crippen molar-refractivity contribution < 1.29 is 0 Å². The van der Waals surface area contributed by atoms with Crippen molar-refractivity contribution in [2.75, 3.05) is 13.6 Å². The van der Waals surface area contributed by atoms with E-state index >= 15 is 0 Å². The molecule has 1 aromatic rings. The van der Waals surface area contributed by atoms with Crippen molar-refractivity contribution >= 4 is 11.3 Å². The summed E-state index contributed by atoms with van der Waals surface area (Å²) in [6, 6.07) is 4.20. The summed E-state index contributed by atoms with van der Waals surface area (Å²) in [5.74, 6) is 5.45. The van der Waals surface area contributed by atoms with Crippen molar-refractivity contribution in [2.45, 2.75) is 6.42 Å². The molecule has 0 unspecified atom stereocenters. The number of likely N-dealkylation sites (N-methyl/N-ethyl adjacent to an activating group) is 1. The number of thiophene rings is 1. The molecule has 0 atom stereocenters. The monoisotopic (exact) mass is 156 g/mol. The lowest BCUT2D eigenvalue weighted by atomic mass is 10.3. The molecule has 0 saturated heterocycles. The maximum absolute atomic E-state index is 5.45. The van der Waals surface area contributed by atoms with Crippen LogP contribution in [0.2, 0.25) is 0 Å². The van der Waals surface area contributed by atoms with Gasteiger partial charge in [-0.2, -0.15) is 0 Å². The van der Waals surface area contributed by atoms with Gasteiger partial charge in [0.25, 0.3) is 0 Å². The van der Waals surface area contributed by atoms with E-state index in [9.17, 15) is 0 Å². The zero-order chi connectivity index (χ0) is 7.40. The molecule has 2 nitrogen and oxygen atoms in total. The Bertz CT molecular complexity index is 170. The van der Waals surface area contributed by atoms with Gasteiger partial charge in [-0.3, -0.25) is 5.84 Å². The summed E-state index contributed by atoms with van der Waals surface area (Å²) in [6.07, 6.45) is 1.06. The van der Waals surface area contributed by atoms with Crippen LogP contribution in [0.1, 0.15) is 4.88 Å². The van der Waals surface area contributed by atoms with E-state index in [1.54, 1.807) is 16.3 Å². The fourth-order valence-electron chi connectivity index (χ4n) is 0.741. The highest BCUT2D eigenvalue weighted by Crippen LogP contribution is 2.08. The second-order valence-electron chi connectivity index (χ2n) is 2.31. The molecule has 0 saturated carbocycles. The number of hydrogen-bond donors (Lipinski definition) is 1. The zero-order valence-electron chi connectivity index (χ0n) is 6.08. The predicted molar refractivity (Wildman–Crippen MR) is 44.8 cm³/mol. The molecular weight excluding hydrogens is 144 g/mol. The smallest absolute Gasteiger partial charge is 0.0173 e. The van der Waals surface area contributed by atoms with Crippen LogP contribution in [0.5, 0.6) is 0 Å². The molecule has 10 heavy (non-hydrogen) atoms. The molecule has 56 valence electrons. The van der Waals surface area contributed by atoms with Crippen molar-refractivity contribution in [1.82, 2.24) is 5.01 Å². The molecule has 0 fully saturated rings. The number of rotatable bonds is 3. The fraction of sp³-hybridized carbons (Fsp3) is 0.429. The molecule has 0 amide bonds. The first kappa shape index (κ1) is 7.72. The minimum atomic E-state index is 0.931. The van der Waals surface area contributed by atoms with E-state index < -0.39 is 0 Å². The Morgan fingerprint density at radius 3 is 3.00 bits per heavy atom. The summed E-state index contributed by atoms with van der Waals surface area (Å²) in [5.41, 5.74) is 0. The fourth-order valence-corrected chi connectivity index (χ4v) is 1.44. The second kappa shape index (κ2) is 3.71. The minimum Gasteiger partial charge on any atom is -0.269 e. The lowest BCUT2D eigenvalue weighted by Gasteiger charge is -2.06. The second-order valence-corrected chi connectivity index (χ2v) is 3.34. The van der Waals surface area contributed by atoms with Gasteiger partial charge in [-0.15, -0.1) is 11.3 Å². The van der Waals surface area contributed by atoms with Gasteiger partial charge in [-0.1, -0.05) is 6.07 Å². The van der Waals surface area contributed by atoms with Gasteiger partial charge in [0.05, 0.1) is 0 Å². The van der Waals surface area contributed by atoms with Gasteiger partial charge < -0.3 is 0 Å². The Morgan fingerprint density at radius 2 is 2.50 bits per heavy atom. The normalized spacial score (nSPS) is 10.7. The standard InChI is InChI=1S/C7H12N2S/c1-9(8)5-4-7-3-2-6-10-7/h2-3,6H,4-5,8H2,1H3. The molecule has 0 aliphatic heterocycles. The topological polar surface area (TPSA) is 29.3 Å². The van der Waals surface area contributed by atoms with Crippen molar-refractivity contribution in [1.29, 1.82) is 0 Å². The van der Waals surface area contributed by atoms with Crippen molar-refractivity contribution in [3.63, 3.8) is 0 Å². The minimum absolute atomic E-state index is 0.931. The van der Waals surface area contributed by atoms with Crippen LogP contribution in [0, 0.1) is 0 Å². The van der Waals surface area contributed by atoms with Crippen LogP contribution in [-0.4, -0.2) is 18.6 Å². The third-order valence-electron chi connectivity index (χ3n) is 1.29. The van der Waals surface area contributed by atoms with E-state index in [0.29, 0.717) is 0 Å². The van der Waals surface area contributed by atoms with E-state index in [-0.39, 0.29) is 0 Å². The molecule has 2 N–H and O–H groups in total. The van der Waals surface area contributed by atoms with Gasteiger partial charge in [0.2, 0.25) is 0 Å². The maximum atomic E-state index is 5.45. The number of hydrogen-bond acceptors (Lipinski definition) is 3. The first-order valence-electron chi connectivity index (χ1n) is 3.27. The number of nitrogens with zero attached hydrogens (tertiary/aromatic N) is 1. The van der Waals surface area contributed by atoms with E-state index in [0.717, 1.165) is 13.0 Å². The summed E-state index contributed by atoms with van der Waals surface area (Å²) in [4.78, 5) is 1.40. The molecule has 1 heterocycles. The molecule has 1 aromatic heterocycles. The van der Waals surface area contributed by atoms with Gasteiger partial charge in [0.15, 0.2) is 0 Å². The highest BCUT2D eigenvalue weighted by Gasteiger charge is 1.93. The highest BCUT2D eigenvalue weighted by molar-refractivity contribution is 7.09. The molecular formula is C7H12N2S. The van der Waals surface area contributed by atoms with Crippen LogP contribution in [0.15, 0.2) is 17.5 Å². The van der Waals surface area contributed by atoms with Gasteiger partial charge in [0.1, 0.15) is 0 Å². The number of hydrazine groups is 1. The van der Waals surface area contributed by atoms with Gasteiger partial charge >= 0.3 is 0 Å². The van der Waals surface area contributed by atoms with E-state index in [2.05, 4.69) is 17.5 Å². The molecule has 0 spiro atoms. The van der Waals surface area contributed by atoms with Crippen molar-refractivity contribution in [2.24, 2.45) is 5.84 Å². The molecule has 1 rings (SSSR count). The van der Waals surface area contributed by atoms with Crippen LogP contribution < -0.4 is 5.84 Å². The SMILES string of the molecule is CN(N)CCc1cccs1. The molecule has 3 heteroatoms. The molecule has 0 aliphatic rings. The van der Waals surface area contributed by atoms with Crippen LogP contribution in [0.3, 0.4) is 0 Å². The lowest BCUT2D eigenvalue weighted by molar-refractivity contribution is 0.355. The van der Waals surface area contributed by atoms with E-state index in [1.165, 1.54) is 4.88 Å². The van der Waals surface area contributed by atoms with Crippen LogP contribution >= 0.6 is 11.3 Å². The molecule has 0 bridgehead atoms. The van der Waals surface area contributed by atoms with Crippen LogP contribution in [0.4, 0.5) is 0 Å². The Balaban J connectivity index is 2.28. The predicted octanol–water partition coefficient (Wildman–Crippen LogP) is 1.10. The quantitative estimate of drug-likeness (QED) is 0.524. The van der Waals surface area contributed by atoms with Crippen molar-refractivity contribution in [3.8, 4) is 0 Å². The third-order valence-corrected chi connectivity index (χ3v) is 2.23. The average Bonchev–Trinajstić information content (AvgIpc) is 2.34. The first-order valence-corrected chi connectivity index (χ1v) is 4.15. The van der Waals surface area contributed by atoms with Crippen LogP contribution in [0.25, 0.3) is 0 Å². The third kappa shape index (κ3) is 2.47. The maximum Gasteiger partial charge on any atom is 0.0173 e. The Kier molecular flexibility index (Phi) is 2.86. The lowest BCUT2D eigenvalue weighted by Crippen LogP contribution is -2.27. The largest absolute Gasteiger partial charge is 0.269 e.